The number of benzene rings is 1. The number of carbonyl (C=O) groups excluding carboxylic acids is 3. The van der Waals surface area contributed by atoms with Gasteiger partial charge in [0, 0.05) is 35.9 Å². The number of imide groups is 1. The van der Waals surface area contributed by atoms with Crippen molar-refractivity contribution in [3.05, 3.63) is 41.4 Å². The zero-order valence-electron chi connectivity index (χ0n) is 17.0. The van der Waals surface area contributed by atoms with E-state index in [1.807, 2.05) is 48.6 Å². The highest BCUT2D eigenvalue weighted by atomic mass is 16.2. The third-order valence-electron chi connectivity index (χ3n) is 5.57. The number of hydrogen-bond donors (Lipinski definition) is 2. The van der Waals surface area contributed by atoms with E-state index in [0.717, 1.165) is 15.9 Å². The molecule has 0 bridgehead atoms. The number of aryl methyl sites for hydroxylation is 2. The lowest BCUT2D eigenvalue weighted by atomic mass is 9.82. The van der Waals surface area contributed by atoms with Crippen molar-refractivity contribution in [2.24, 2.45) is 25.9 Å². The number of likely N-dealkylation sites (N-methyl/N-ethyl adjacent to an activating group) is 1. The lowest BCUT2D eigenvalue weighted by molar-refractivity contribution is -0.645. The second kappa shape index (κ2) is 7.10. The predicted octanol–water partition coefficient (Wildman–Crippen LogP) is 0.782. The molecule has 2 aromatic rings. The van der Waals surface area contributed by atoms with E-state index in [0.29, 0.717) is 16.8 Å². The molecule has 8 nitrogen and oxygen atoms in total. The summed E-state index contributed by atoms with van der Waals surface area (Å²) in [5, 5.41) is 0. The van der Waals surface area contributed by atoms with Gasteiger partial charge in [0.05, 0.1) is 14.1 Å². The summed E-state index contributed by atoms with van der Waals surface area (Å²) in [7, 11) is 5.35. The van der Waals surface area contributed by atoms with Gasteiger partial charge in [-0.25, -0.2) is 9.13 Å². The van der Waals surface area contributed by atoms with Gasteiger partial charge >= 0.3 is 0 Å². The van der Waals surface area contributed by atoms with Gasteiger partial charge in [0.2, 0.25) is 12.2 Å². The third-order valence-corrected chi connectivity index (χ3v) is 5.57. The zero-order chi connectivity index (χ0) is 20.7. The summed E-state index contributed by atoms with van der Waals surface area (Å²) < 4.78 is 3.93. The third kappa shape index (κ3) is 3.15. The Hall–Kier alpha value is -3.16. The summed E-state index contributed by atoms with van der Waals surface area (Å²) in [6, 6.07) is 5.47. The standard InChI is InChI=1S/C20H25N5O3/c1-11-12(2)19(27)25(6)20(28)17(11)13(3)21-22-18(26)14-7-8-15-16(9-14)24(5)10-23(15)4/h7-12H,1-6H3,(H-,21,22,26,28)/p+1. The molecule has 0 spiro atoms. The van der Waals surface area contributed by atoms with Gasteiger partial charge in [0.15, 0.2) is 11.0 Å². The van der Waals surface area contributed by atoms with Gasteiger partial charge in [0.1, 0.15) is 0 Å². The molecule has 0 radical (unpaired) electrons. The highest BCUT2D eigenvalue weighted by Crippen LogP contribution is 2.30. The molecule has 1 aromatic heterocycles. The van der Waals surface area contributed by atoms with E-state index in [1.54, 1.807) is 19.9 Å². The van der Waals surface area contributed by atoms with Gasteiger partial charge in [-0.1, -0.05) is 13.8 Å². The lowest BCUT2D eigenvalue weighted by Crippen LogP contribution is -2.48. The summed E-state index contributed by atoms with van der Waals surface area (Å²) in [4.78, 5) is 38.3. The van der Waals surface area contributed by atoms with Crippen molar-refractivity contribution >= 4 is 28.8 Å². The Morgan fingerprint density at radius 1 is 1.11 bits per heavy atom. The van der Waals surface area contributed by atoms with Gasteiger partial charge in [-0.3, -0.25) is 24.7 Å². The molecule has 1 aliphatic heterocycles. The SMILES string of the molecule is CC(NNC(=O)c1ccc2c(c1)n(C)c[n+]2C)=C1C(=O)N(C)C(=O)C(C)C1C. The fourth-order valence-electron chi connectivity index (χ4n) is 3.67. The molecule has 2 N–H and O–H groups in total. The van der Waals surface area contributed by atoms with Crippen molar-refractivity contribution in [2.75, 3.05) is 7.05 Å². The van der Waals surface area contributed by atoms with Crippen LogP contribution in [0.15, 0.2) is 35.8 Å². The molecule has 1 fully saturated rings. The first-order valence-electron chi connectivity index (χ1n) is 9.17. The number of hydrogen-bond acceptors (Lipinski definition) is 4. The summed E-state index contributed by atoms with van der Waals surface area (Å²) in [5.74, 6) is -1.38. The van der Waals surface area contributed by atoms with Crippen molar-refractivity contribution in [3.8, 4) is 0 Å². The minimum absolute atomic E-state index is 0.192. The molecule has 8 heteroatoms. The molecule has 3 rings (SSSR count). The highest BCUT2D eigenvalue weighted by molar-refractivity contribution is 6.08. The largest absolute Gasteiger partial charge is 0.302 e. The van der Waals surface area contributed by atoms with E-state index >= 15 is 0 Å². The molecular formula is C20H26N5O3+. The van der Waals surface area contributed by atoms with Crippen LogP contribution < -0.4 is 15.4 Å². The summed E-state index contributed by atoms with van der Waals surface area (Å²) in [5.41, 5.74) is 8.99. The van der Waals surface area contributed by atoms with Gasteiger partial charge < -0.3 is 5.43 Å². The number of likely N-dealkylation sites (tertiary alicyclic amines) is 1. The van der Waals surface area contributed by atoms with Crippen molar-refractivity contribution in [1.29, 1.82) is 0 Å². The Bertz CT molecular complexity index is 1020. The molecular weight excluding hydrogens is 358 g/mol. The Morgan fingerprint density at radius 2 is 1.79 bits per heavy atom. The van der Waals surface area contributed by atoms with Gasteiger partial charge in [-0.2, -0.15) is 0 Å². The maximum absolute atomic E-state index is 12.6. The van der Waals surface area contributed by atoms with Crippen LogP contribution in [0.3, 0.4) is 0 Å². The van der Waals surface area contributed by atoms with Crippen LogP contribution in [0.2, 0.25) is 0 Å². The van der Waals surface area contributed by atoms with E-state index in [2.05, 4.69) is 10.9 Å². The number of rotatable bonds is 3. The topological polar surface area (TPSA) is 87.3 Å². The fourth-order valence-corrected chi connectivity index (χ4v) is 3.67. The van der Waals surface area contributed by atoms with E-state index in [4.69, 9.17) is 0 Å². The molecule has 28 heavy (non-hydrogen) atoms. The van der Waals surface area contributed by atoms with Gasteiger partial charge in [0.25, 0.3) is 11.8 Å². The summed E-state index contributed by atoms with van der Waals surface area (Å²) in [6.45, 7) is 5.37. The lowest BCUT2D eigenvalue weighted by Gasteiger charge is -2.34. The maximum Gasteiger partial charge on any atom is 0.269 e. The Balaban J connectivity index is 1.80. The first kappa shape index (κ1) is 19.6. The average molecular weight is 384 g/mol. The normalized spacial score (nSPS) is 21.9. The van der Waals surface area contributed by atoms with Crippen molar-refractivity contribution in [1.82, 2.24) is 20.3 Å². The minimum Gasteiger partial charge on any atom is -0.302 e. The van der Waals surface area contributed by atoms with Crippen LogP contribution in [0.25, 0.3) is 11.0 Å². The molecule has 3 amide bonds. The van der Waals surface area contributed by atoms with Crippen LogP contribution >= 0.6 is 0 Å². The molecule has 1 aliphatic rings. The van der Waals surface area contributed by atoms with Gasteiger partial charge in [-0.05, 0) is 25.0 Å². The second-order valence-corrected chi connectivity index (χ2v) is 7.44. The second-order valence-electron chi connectivity index (χ2n) is 7.44. The molecule has 2 unspecified atom stereocenters. The molecule has 2 heterocycles. The smallest absolute Gasteiger partial charge is 0.269 e. The summed E-state index contributed by atoms with van der Waals surface area (Å²) in [6.07, 6.45) is 1.94. The number of aromatic nitrogens is 2. The van der Waals surface area contributed by atoms with E-state index in [9.17, 15) is 14.4 Å². The summed E-state index contributed by atoms with van der Waals surface area (Å²) >= 11 is 0. The van der Waals surface area contributed by atoms with Crippen LogP contribution in [-0.2, 0) is 23.7 Å². The molecule has 0 saturated carbocycles. The minimum atomic E-state index is -0.340. The number of piperidine rings is 1. The predicted molar refractivity (Wildman–Crippen MR) is 104 cm³/mol. The Labute approximate surface area is 163 Å². The average Bonchev–Trinajstić information content (AvgIpc) is 2.96. The number of amides is 3. The van der Waals surface area contributed by atoms with E-state index < -0.39 is 0 Å². The highest BCUT2D eigenvalue weighted by Gasteiger charge is 2.39. The molecule has 0 aliphatic carbocycles. The van der Waals surface area contributed by atoms with E-state index in [-0.39, 0.29) is 29.6 Å². The zero-order valence-corrected chi connectivity index (χ0v) is 17.0. The van der Waals surface area contributed by atoms with E-state index in [1.165, 1.54) is 7.05 Å². The molecule has 1 saturated heterocycles. The first-order valence-corrected chi connectivity index (χ1v) is 9.17. The number of allylic oxidation sites excluding steroid dienone is 1. The maximum atomic E-state index is 12.6. The number of nitrogens with zero attached hydrogens (tertiary/aromatic N) is 3. The van der Waals surface area contributed by atoms with Crippen LogP contribution in [0, 0.1) is 11.8 Å². The Morgan fingerprint density at radius 3 is 2.46 bits per heavy atom. The molecule has 2 atom stereocenters. The quantitative estimate of drug-likeness (QED) is 0.354. The number of carbonyl (C=O) groups is 3. The van der Waals surface area contributed by atoms with Crippen LogP contribution in [-0.4, -0.2) is 34.2 Å². The van der Waals surface area contributed by atoms with Crippen LogP contribution in [0.5, 0.6) is 0 Å². The van der Waals surface area contributed by atoms with Crippen molar-refractivity contribution in [2.45, 2.75) is 20.8 Å². The van der Waals surface area contributed by atoms with Crippen LogP contribution in [0.1, 0.15) is 31.1 Å². The van der Waals surface area contributed by atoms with Gasteiger partial charge in [-0.15, -0.1) is 0 Å². The monoisotopic (exact) mass is 384 g/mol. The van der Waals surface area contributed by atoms with Crippen molar-refractivity contribution < 1.29 is 19.0 Å². The first-order chi connectivity index (χ1) is 13.1. The number of imidazole rings is 1. The van der Waals surface area contributed by atoms with Crippen molar-refractivity contribution in [3.63, 3.8) is 0 Å². The number of nitrogens with one attached hydrogen (secondary N) is 2. The number of fused-ring (bicyclic) bond motifs is 1. The number of hydrazine groups is 1. The van der Waals surface area contributed by atoms with Crippen LogP contribution in [0.4, 0.5) is 0 Å². The Kier molecular flexibility index (Phi) is 4.97. The fraction of sp³-hybridized carbons (Fsp3) is 0.400. The molecule has 1 aromatic carbocycles. The molecule has 148 valence electrons.